The third-order valence-electron chi connectivity index (χ3n) is 4.78. The second-order valence-corrected chi connectivity index (χ2v) is 6.27. The molecule has 3 rings (SSSR count). The van der Waals surface area contributed by atoms with Gasteiger partial charge in [-0.25, -0.2) is 9.78 Å². The Hall–Kier alpha value is -2.38. The number of aryl methyl sites for hydroxylation is 1. The van der Waals surface area contributed by atoms with Crippen molar-refractivity contribution in [2.24, 2.45) is 18.7 Å². The third kappa shape index (κ3) is 2.69. The molecule has 124 valence electrons. The van der Waals surface area contributed by atoms with Gasteiger partial charge in [-0.2, -0.15) is 0 Å². The molecule has 0 bridgehead atoms. The number of amides is 3. The fourth-order valence-electron chi connectivity index (χ4n) is 3.32. The number of nitrogens with zero attached hydrogens (tertiary/aromatic N) is 4. The van der Waals surface area contributed by atoms with Crippen LogP contribution in [0.1, 0.15) is 29.9 Å². The van der Waals surface area contributed by atoms with Crippen LogP contribution in [-0.4, -0.2) is 44.4 Å². The lowest BCUT2D eigenvalue weighted by molar-refractivity contribution is -0.137. The summed E-state index contributed by atoms with van der Waals surface area (Å²) < 4.78 is 1.50. The largest absolute Gasteiger partial charge is 0.351 e. The van der Waals surface area contributed by atoms with Crippen molar-refractivity contribution in [1.29, 1.82) is 0 Å². The molecule has 2 aliphatic heterocycles. The monoisotopic (exact) mass is 319 g/mol. The molecule has 0 aliphatic carbocycles. The zero-order valence-corrected chi connectivity index (χ0v) is 13.4. The van der Waals surface area contributed by atoms with Crippen LogP contribution >= 0.6 is 0 Å². The molecule has 0 radical (unpaired) electrons. The summed E-state index contributed by atoms with van der Waals surface area (Å²) >= 11 is 0. The number of rotatable bonds is 1. The molecule has 8 nitrogen and oxygen atoms in total. The van der Waals surface area contributed by atoms with E-state index in [-0.39, 0.29) is 17.4 Å². The number of carbonyl (C=O) groups excluding carboxylic acids is 2. The van der Waals surface area contributed by atoms with Crippen molar-refractivity contribution < 1.29 is 9.59 Å². The van der Waals surface area contributed by atoms with E-state index in [0.29, 0.717) is 43.3 Å². The van der Waals surface area contributed by atoms with Crippen LogP contribution in [0.15, 0.2) is 4.79 Å². The van der Waals surface area contributed by atoms with Crippen molar-refractivity contribution in [1.82, 2.24) is 19.4 Å². The molecule has 1 saturated heterocycles. The Bertz CT molecular complexity index is 727. The van der Waals surface area contributed by atoms with Crippen molar-refractivity contribution in [2.45, 2.75) is 32.9 Å². The van der Waals surface area contributed by atoms with E-state index >= 15 is 0 Å². The van der Waals surface area contributed by atoms with Crippen molar-refractivity contribution >= 4 is 11.9 Å². The summed E-state index contributed by atoms with van der Waals surface area (Å²) in [6.45, 7) is 3.38. The van der Waals surface area contributed by atoms with Crippen LogP contribution in [0.5, 0.6) is 0 Å². The Kier molecular flexibility index (Phi) is 3.83. The van der Waals surface area contributed by atoms with Gasteiger partial charge >= 0.3 is 6.03 Å². The predicted octanol–water partition coefficient (Wildman–Crippen LogP) is -0.278. The number of urea groups is 1. The minimum absolute atomic E-state index is 0.0337. The maximum Gasteiger partial charge on any atom is 0.314 e. The summed E-state index contributed by atoms with van der Waals surface area (Å²) in [7, 11) is 1.68. The fourth-order valence-corrected chi connectivity index (χ4v) is 3.32. The van der Waals surface area contributed by atoms with Crippen molar-refractivity contribution in [3.05, 3.63) is 27.4 Å². The van der Waals surface area contributed by atoms with E-state index in [0.717, 1.165) is 12.8 Å². The van der Waals surface area contributed by atoms with E-state index in [9.17, 15) is 14.4 Å². The van der Waals surface area contributed by atoms with Crippen LogP contribution in [0.25, 0.3) is 0 Å². The molecule has 8 heteroatoms. The van der Waals surface area contributed by atoms with Gasteiger partial charge in [0, 0.05) is 20.1 Å². The molecule has 1 atom stereocenters. The molecule has 0 aromatic carbocycles. The molecule has 3 amide bonds. The number of fused-ring (bicyclic) bond motifs is 1. The second kappa shape index (κ2) is 5.68. The molecule has 1 unspecified atom stereocenters. The van der Waals surface area contributed by atoms with Gasteiger partial charge in [-0.3, -0.25) is 14.2 Å². The molecule has 0 spiro atoms. The van der Waals surface area contributed by atoms with Crippen LogP contribution in [0.3, 0.4) is 0 Å². The quantitative estimate of drug-likeness (QED) is 0.769. The molecule has 2 N–H and O–H groups in total. The Morgan fingerprint density at radius 1 is 1.26 bits per heavy atom. The van der Waals surface area contributed by atoms with E-state index in [1.54, 1.807) is 18.9 Å². The summed E-state index contributed by atoms with van der Waals surface area (Å²) in [5.74, 6) is 0.352. The van der Waals surface area contributed by atoms with Gasteiger partial charge in [0.25, 0.3) is 5.56 Å². The van der Waals surface area contributed by atoms with E-state index in [4.69, 9.17) is 5.73 Å². The SMILES string of the molecule is Cc1nc2c(c(=O)n1C)CN(C(=O)C1CCCN(C(N)=O)C1)C2. The minimum atomic E-state index is -0.488. The number of piperidine rings is 1. The third-order valence-corrected chi connectivity index (χ3v) is 4.78. The number of carbonyl (C=O) groups is 2. The van der Waals surface area contributed by atoms with Crippen LogP contribution < -0.4 is 11.3 Å². The lowest BCUT2D eigenvalue weighted by Gasteiger charge is -2.32. The minimum Gasteiger partial charge on any atom is -0.351 e. The summed E-state index contributed by atoms with van der Waals surface area (Å²) in [6.07, 6.45) is 1.50. The highest BCUT2D eigenvalue weighted by atomic mass is 16.2. The van der Waals surface area contributed by atoms with E-state index < -0.39 is 6.03 Å². The zero-order chi connectivity index (χ0) is 16.7. The molecule has 0 saturated carbocycles. The molecular formula is C15H21N5O3. The molecule has 1 fully saturated rings. The standard InChI is InChI=1S/C15H21N5O3/c1-9-17-12-8-20(7-11(12)14(22)18(9)2)13(21)10-4-3-5-19(6-10)15(16)23/h10H,3-8H2,1-2H3,(H2,16,23). The van der Waals surface area contributed by atoms with Crippen LogP contribution in [-0.2, 0) is 24.9 Å². The lowest BCUT2D eigenvalue weighted by Crippen LogP contribution is -2.47. The number of primary amides is 1. The Morgan fingerprint density at radius 3 is 2.70 bits per heavy atom. The van der Waals surface area contributed by atoms with Gasteiger partial charge < -0.3 is 15.5 Å². The van der Waals surface area contributed by atoms with Gasteiger partial charge in [-0.15, -0.1) is 0 Å². The van der Waals surface area contributed by atoms with Crippen LogP contribution in [0.4, 0.5) is 4.79 Å². The maximum absolute atomic E-state index is 12.7. The van der Waals surface area contributed by atoms with Crippen molar-refractivity contribution in [2.75, 3.05) is 13.1 Å². The first-order valence-corrected chi connectivity index (χ1v) is 7.77. The Balaban J connectivity index is 1.77. The first-order chi connectivity index (χ1) is 10.9. The Morgan fingerprint density at radius 2 is 2.00 bits per heavy atom. The van der Waals surface area contributed by atoms with E-state index in [1.165, 1.54) is 9.47 Å². The zero-order valence-electron chi connectivity index (χ0n) is 13.4. The normalized spacial score (nSPS) is 20.5. The van der Waals surface area contributed by atoms with Crippen LogP contribution in [0, 0.1) is 12.8 Å². The lowest BCUT2D eigenvalue weighted by atomic mass is 9.97. The molecule has 2 aliphatic rings. The van der Waals surface area contributed by atoms with Gasteiger partial charge in [-0.1, -0.05) is 0 Å². The van der Waals surface area contributed by atoms with E-state index in [1.807, 2.05) is 0 Å². The highest BCUT2D eigenvalue weighted by molar-refractivity contribution is 5.81. The fraction of sp³-hybridized carbons (Fsp3) is 0.600. The average Bonchev–Trinajstić information content (AvgIpc) is 2.96. The first-order valence-electron chi connectivity index (χ1n) is 7.77. The number of nitrogens with two attached hydrogens (primary N) is 1. The molecule has 23 heavy (non-hydrogen) atoms. The van der Waals surface area contributed by atoms with Gasteiger partial charge in [0.1, 0.15) is 5.82 Å². The first kappa shape index (κ1) is 15.5. The highest BCUT2D eigenvalue weighted by Gasteiger charge is 2.34. The average molecular weight is 319 g/mol. The number of aromatic nitrogens is 2. The number of likely N-dealkylation sites (tertiary alicyclic amines) is 1. The maximum atomic E-state index is 12.7. The summed E-state index contributed by atoms with van der Waals surface area (Å²) in [6, 6.07) is -0.488. The summed E-state index contributed by atoms with van der Waals surface area (Å²) in [5, 5.41) is 0. The molecule has 1 aromatic heterocycles. The topological polar surface area (TPSA) is 102 Å². The number of hydrogen-bond donors (Lipinski definition) is 1. The molecule has 1 aromatic rings. The van der Waals surface area contributed by atoms with Crippen LogP contribution in [0.2, 0.25) is 0 Å². The highest BCUT2D eigenvalue weighted by Crippen LogP contribution is 2.24. The second-order valence-electron chi connectivity index (χ2n) is 6.27. The number of hydrogen-bond acceptors (Lipinski definition) is 4. The Labute approximate surface area is 133 Å². The van der Waals surface area contributed by atoms with Gasteiger partial charge in [0.15, 0.2) is 0 Å². The predicted molar refractivity (Wildman–Crippen MR) is 82.3 cm³/mol. The molecular weight excluding hydrogens is 298 g/mol. The summed E-state index contributed by atoms with van der Waals surface area (Å²) in [4.78, 5) is 43.9. The smallest absolute Gasteiger partial charge is 0.314 e. The van der Waals surface area contributed by atoms with Gasteiger partial charge in [0.05, 0.1) is 30.3 Å². The van der Waals surface area contributed by atoms with Crippen molar-refractivity contribution in [3.63, 3.8) is 0 Å². The van der Waals surface area contributed by atoms with Gasteiger partial charge in [0.2, 0.25) is 5.91 Å². The van der Waals surface area contributed by atoms with E-state index in [2.05, 4.69) is 4.98 Å². The summed E-state index contributed by atoms with van der Waals surface area (Å²) in [5.41, 5.74) is 6.49. The molecule has 3 heterocycles. The van der Waals surface area contributed by atoms with Crippen molar-refractivity contribution in [3.8, 4) is 0 Å². The van der Waals surface area contributed by atoms with Gasteiger partial charge in [-0.05, 0) is 19.8 Å².